The standard InChI is InChI=1S/C23H28N8O3/c1-13-3-4-15-16(7-13)29-18(28-15)5-6-19(33)30-9-14(32)8-23(2,34)17(10-30)31-12-27-20-21(24)25-11-26-22(20)31/h3-4,7,11-12,14,17,32,34H,5-6,8-10H2,1-2H3,(H,28,29)(H2,24,25,26)/t14-,17+,23+/m0/s1. The number of nitrogens with zero attached hydrogens (tertiary/aromatic N) is 6. The van der Waals surface area contributed by atoms with E-state index in [-0.39, 0.29) is 37.7 Å². The van der Waals surface area contributed by atoms with Gasteiger partial charge < -0.3 is 30.4 Å². The Kier molecular flexibility index (Phi) is 5.45. The van der Waals surface area contributed by atoms with E-state index in [1.54, 1.807) is 22.7 Å². The molecule has 1 saturated heterocycles. The van der Waals surface area contributed by atoms with E-state index in [4.69, 9.17) is 5.73 Å². The Bertz CT molecular complexity index is 1360. The van der Waals surface area contributed by atoms with E-state index in [1.165, 1.54) is 6.33 Å². The summed E-state index contributed by atoms with van der Waals surface area (Å²) in [4.78, 5) is 35.2. The molecule has 1 aliphatic rings. The number of likely N-dealkylation sites (tertiary alicyclic amines) is 1. The van der Waals surface area contributed by atoms with Crippen molar-refractivity contribution in [2.75, 3.05) is 18.8 Å². The average molecular weight is 465 g/mol. The molecule has 1 aromatic carbocycles. The number of nitrogens with one attached hydrogen (secondary N) is 1. The first-order valence-corrected chi connectivity index (χ1v) is 11.3. The Morgan fingerprint density at radius 3 is 2.94 bits per heavy atom. The molecule has 0 aliphatic carbocycles. The van der Waals surface area contributed by atoms with Crippen molar-refractivity contribution in [3.63, 3.8) is 0 Å². The third-order valence-electron chi connectivity index (χ3n) is 6.53. The van der Waals surface area contributed by atoms with E-state index in [9.17, 15) is 15.0 Å². The smallest absolute Gasteiger partial charge is 0.223 e. The number of aliphatic hydroxyl groups is 2. The lowest BCUT2D eigenvalue weighted by molar-refractivity contribution is -0.132. The molecule has 11 nitrogen and oxygen atoms in total. The summed E-state index contributed by atoms with van der Waals surface area (Å²) in [5, 5.41) is 21.8. The molecule has 1 fully saturated rings. The number of imidazole rings is 2. The first-order valence-electron chi connectivity index (χ1n) is 11.3. The second-order valence-electron chi connectivity index (χ2n) is 9.32. The van der Waals surface area contributed by atoms with Gasteiger partial charge in [-0.2, -0.15) is 0 Å². The number of nitrogens with two attached hydrogens (primary N) is 1. The zero-order valence-electron chi connectivity index (χ0n) is 19.1. The Hall–Kier alpha value is -3.57. The topological polar surface area (TPSA) is 159 Å². The molecule has 34 heavy (non-hydrogen) atoms. The van der Waals surface area contributed by atoms with Crippen molar-refractivity contribution < 1.29 is 15.0 Å². The van der Waals surface area contributed by atoms with Gasteiger partial charge in [0.2, 0.25) is 5.91 Å². The summed E-state index contributed by atoms with van der Waals surface area (Å²) in [7, 11) is 0. The van der Waals surface area contributed by atoms with Gasteiger partial charge in [0.25, 0.3) is 0 Å². The molecule has 3 aromatic heterocycles. The fourth-order valence-corrected chi connectivity index (χ4v) is 4.78. The number of carbonyl (C=O) groups is 1. The quantitative estimate of drug-likeness (QED) is 0.349. The summed E-state index contributed by atoms with van der Waals surface area (Å²) < 4.78 is 1.72. The third kappa shape index (κ3) is 4.08. The average Bonchev–Trinajstić information content (AvgIpc) is 3.35. The number of fused-ring (bicyclic) bond motifs is 2. The van der Waals surface area contributed by atoms with Crippen LogP contribution in [0.1, 0.15) is 37.2 Å². The molecule has 11 heteroatoms. The predicted octanol–water partition coefficient (Wildman–Crippen LogP) is 1.11. The molecule has 1 aliphatic heterocycles. The Balaban J connectivity index is 1.38. The molecule has 178 valence electrons. The molecule has 4 aromatic rings. The minimum Gasteiger partial charge on any atom is -0.391 e. The number of amides is 1. The zero-order valence-corrected chi connectivity index (χ0v) is 19.1. The van der Waals surface area contributed by atoms with Gasteiger partial charge in [0, 0.05) is 32.4 Å². The van der Waals surface area contributed by atoms with Gasteiger partial charge in [0.1, 0.15) is 17.7 Å². The van der Waals surface area contributed by atoms with Gasteiger partial charge in [-0.1, -0.05) is 6.07 Å². The second kappa shape index (κ2) is 8.33. The molecular formula is C23H28N8O3. The number of hydrogen-bond acceptors (Lipinski definition) is 8. The SMILES string of the molecule is Cc1ccc2nc(CCC(=O)N3C[C@@H](O)C[C@@](C)(O)[C@H](n4cnc5c(N)ncnc54)C3)[nH]c2c1. The summed E-state index contributed by atoms with van der Waals surface area (Å²) in [6.07, 6.45) is 2.79. The van der Waals surface area contributed by atoms with Crippen molar-refractivity contribution in [2.24, 2.45) is 0 Å². The maximum Gasteiger partial charge on any atom is 0.223 e. The Labute approximate surface area is 195 Å². The Morgan fingerprint density at radius 1 is 1.29 bits per heavy atom. The lowest BCUT2D eigenvalue weighted by Crippen LogP contribution is -2.42. The number of β-amino-alcohol motifs (C(OH)–C–C–N with tert-alkyl or cyclic N) is 1. The van der Waals surface area contributed by atoms with E-state index in [2.05, 4.69) is 24.9 Å². The number of nitrogen functional groups attached to an aromatic ring is 1. The molecule has 3 atom stereocenters. The van der Waals surface area contributed by atoms with Crippen LogP contribution in [0.15, 0.2) is 30.9 Å². The van der Waals surface area contributed by atoms with Gasteiger partial charge in [-0.25, -0.2) is 19.9 Å². The highest BCUT2D eigenvalue weighted by atomic mass is 16.3. The van der Waals surface area contributed by atoms with Crippen molar-refractivity contribution in [2.45, 2.75) is 50.9 Å². The molecule has 1 amide bonds. The number of aromatic nitrogens is 6. The van der Waals surface area contributed by atoms with Crippen molar-refractivity contribution >= 4 is 33.9 Å². The Morgan fingerprint density at radius 2 is 2.12 bits per heavy atom. The van der Waals surface area contributed by atoms with Crippen LogP contribution in [0.25, 0.3) is 22.2 Å². The fourth-order valence-electron chi connectivity index (χ4n) is 4.78. The van der Waals surface area contributed by atoms with Gasteiger partial charge in [-0.15, -0.1) is 0 Å². The predicted molar refractivity (Wildman–Crippen MR) is 126 cm³/mol. The first-order chi connectivity index (χ1) is 16.2. The zero-order chi connectivity index (χ0) is 24.0. The molecule has 0 unspecified atom stereocenters. The lowest BCUT2D eigenvalue weighted by Gasteiger charge is -2.34. The molecule has 0 saturated carbocycles. The van der Waals surface area contributed by atoms with E-state index in [1.807, 2.05) is 25.1 Å². The highest BCUT2D eigenvalue weighted by Crippen LogP contribution is 2.34. The number of aryl methyl sites for hydroxylation is 2. The van der Waals surface area contributed by atoms with Crippen LogP contribution >= 0.6 is 0 Å². The number of anilines is 1. The van der Waals surface area contributed by atoms with E-state index in [0.717, 1.165) is 22.4 Å². The molecule has 0 spiro atoms. The van der Waals surface area contributed by atoms with Crippen molar-refractivity contribution in [3.8, 4) is 0 Å². The summed E-state index contributed by atoms with van der Waals surface area (Å²) >= 11 is 0. The van der Waals surface area contributed by atoms with E-state index >= 15 is 0 Å². The van der Waals surface area contributed by atoms with Crippen LogP contribution in [0.2, 0.25) is 0 Å². The first kappa shape index (κ1) is 22.2. The maximum absolute atomic E-state index is 13.2. The molecule has 0 radical (unpaired) electrons. The number of carbonyl (C=O) groups excluding carboxylic acids is 1. The van der Waals surface area contributed by atoms with Gasteiger partial charge in [0.05, 0.1) is 35.1 Å². The normalized spacial score (nSPS) is 23.5. The van der Waals surface area contributed by atoms with Crippen LogP contribution in [0, 0.1) is 6.92 Å². The fraction of sp³-hybridized carbons (Fsp3) is 0.435. The van der Waals surface area contributed by atoms with Crippen LogP contribution < -0.4 is 5.73 Å². The second-order valence-corrected chi connectivity index (χ2v) is 9.32. The number of hydrogen-bond donors (Lipinski definition) is 4. The summed E-state index contributed by atoms with van der Waals surface area (Å²) in [5.74, 6) is 0.851. The number of rotatable bonds is 4. The summed E-state index contributed by atoms with van der Waals surface area (Å²) in [6.45, 7) is 4.00. The maximum atomic E-state index is 13.2. The molecular weight excluding hydrogens is 436 g/mol. The monoisotopic (exact) mass is 464 g/mol. The van der Waals surface area contributed by atoms with Crippen molar-refractivity contribution in [3.05, 3.63) is 42.2 Å². The summed E-state index contributed by atoms with van der Waals surface area (Å²) in [6, 6.07) is 5.40. The van der Waals surface area contributed by atoms with E-state index in [0.29, 0.717) is 17.6 Å². The number of aliphatic hydroxyl groups excluding tert-OH is 1. The number of benzene rings is 1. The van der Waals surface area contributed by atoms with Gasteiger partial charge in [0.15, 0.2) is 11.5 Å². The number of H-pyrrole nitrogens is 1. The third-order valence-corrected chi connectivity index (χ3v) is 6.53. The molecule has 5 N–H and O–H groups in total. The van der Waals surface area contributed by atoms with Gasteiger partial charge in [-0.05, 0) is 31.5 Å². The van der Waals surface area contributed by atoms with Gasteiger partial charge >= 0.3 is 0 Å². The minimum atomic E-state index is -1.31. The van der Waals surface area contributed by atoms with Crippen LogP contribution in [-0.4, -0.2) is 75.3 Å². The van der Waals surface area contributed by atoms with Crippen LogP contribution in [-0.2, 0) is 11.2 Å². The largest absolute Gasteiger partial charge is 0.391 e. The van der Waals surface area contributed by atoms with Gasteiger partial charge in [-0.3, -0.25) is 4.79 Å². The minimum absolute atomic E-state index is 0.102. The highest BCUT2D eigenvalue weighted by Gasteiger charge is 2.42. The number of aromatic amines is 1. The highest BCUT2D eigenvalue weighted by molar-refractivity contribution is 5.81. The molecule has 0 bridgehead atoms. The van der Waals surface area contributed by atoms with E-state index < -0.39 is 17.7 Å². The van der Waals surface area contributed by atoms with Crippen LogP contribution in [0.4, 0.5) is 5.82 Å². The lowest BCUT2D eigenvalue weighted by atomic mass is 9.91. The summed E-state index contributed by atoms with van der Waals surface area (Å²) in [5.41, 5.74) is 8.46. The van der Waals surface area contributed by atoms with Crippen molar-refractivity contribution in [1.82, 2.24) is 34.4 Å². The van der Waals surface area contributed by atoms with Crippen molar-refractivity contribution in [1.29, 1.82) is 0 Å². The molecule has 4 heterocycles. The molecule has 5 rings (SSSR count). The van der Waals surface area contributed by atoms with Crippen LogP contribution in [0.3, 0.4) is 0 Å². The van der Waals surface area contributed by atoms with Crippen LogP contribution in [0.5, 0.6) is 0 Å².